The standard InChI is InChI=1S/C27H23Cl2N3O4S/c1-18-25(26(36-30-18)21-9-7-20(8-10-21)19-5-3-2-4-6-19)27(33)31-13-15-32(16-14-31)37(34,35)22-11-12-23(28)24(29)17-22/h2-12,17H,13-16H2,1H3. The molecule has 1 aliphatic heterocycles. The smallest absolute Gasteiger partial charge is 0.259 e. The van der Waals surface area contributed by atoms with Crippen molar-refractivity contribution >= 4 is 39.1 Å². The van der Waals surface area contributed by atoms with E-state index in [0.717, 1.165) is 16.7 Å². The van der Waals surface area contributed by atoms with Crippen LogP contribution in [0.4, 0.5) is 0 Å². The second-order valence-electron chi connectivity index (χ2n) is 8.69. The SMILES string of the molecule is Cc1noc(-c2ccc(-c3ccccc3)cc2)c1C(=O)N1CCN(S(=O)(=O)c2ccc(Cl)c(Cl)c2)CC1. The number of carbonyl (C=O) groups is 1. The normalized spacial score (nSPS) is 14.6. The summed E-state index contributed by atoms with van der Waals surface area (Å²) in [6, 6.07) is 22.0. The van der Waals surface area contributed by atoms with Crippen LogP contribution in [0.1, 0.15) is 16.1 Å². The number of hydrogen-bond donors (Lipinski definition) is 0. The molecule has 1 amide bonds. The maximum atomic E-state index is 13.5. The topological polar surface area (TPSA) is 83.7 Å². The van der Waals surface area contributed by atoms with E-state index in [9.17, 15) is 13.2 Å². The fourth-order valence-electron chi connectivity index (χ4n) is 4.34. The highest BCUT2D eigenvalue weighted by Crippen LogP contribution is 2.31. The Morgan fingerprint density at radius 2 is 1.46 bits per heavy atom. The summed E-state index contributed by atoms with van der Waals surface area (Å²) in [5, 5.41) is 4.50. The van der Waals surface area contributed by atoms with Crippen molar-refractivity contribution in [1.29, 1.82) is 0 Å². The van der Waals surface area contributed by atoms with E-state index < -0.39 is 10.0 Å². The molecule has 5 rings (SSSR count). The van der Waals surface area contributed by atoms with Crippen LogP contribution < -0.4 is 0 Å². The molecule has 0 bridgehead atoms. The summed E-state index contributed by atoms with van der Waals surface area (Å²) in [7, 11) is -3.77. The molecule has 0 radical (unpaired) electrons. The Labute approximate surface area is 225 Å². The number of hydrogen-bond acceptors (Lipinski definition) is 5. The first-order valence-corrected chi connectivity index (χ1v) is 13.8. The van der Waals surface area contributed by atoms with E-state index in [4.69, 9.17) is 27.7 Å². The number of rotatable bonds is 5. The van der Waals surface area contributed by atoms with Crippen molar-refractivity contribution in [3.05, 3.63) is 94.1 Å². The van der Waals surface area contributed by atoms with Crippen LogP contribution in [0.3, 0.4) is 0 Å². The molecule has 190 valence electrons. The average Bonchev–Trinajstić information content (AvgIpc) is 3.31. The first-order valence-electron chi connectivity index (χ1n) is 11.6. The van der Waals surface area contributed by atoms with E-state index in [2.05, 4.69) is 5.16 Å². The summed E-state index contributed by atoms with van der Waals surface area (Å²) in [5.74, 6) is 0.153. The first kappa shape index (κ1) is 25.5. The van der Waals surface area contributed by atoms with Gasteiger partial charge in [-0.3, -0.25) is 4.79 Å². The fraction of sp³-hybridized carbons (Fsp3) is 0.185. The molecule has 4 aromatic rings. The fourth-order valence-corrected chi connectivity index (χ4v) is 6.15. The van der Waals surface area contributed by atoms with E-state index in [1.807, 2.05) is 54.6 Å². The molecule has 0 saturated carbocycles. The largest absolute Gasteiger partial charge is 0.355 e. The highest BCUT2D eigenvalue weighted by Gasteiger charge is 2.33. The summed E-state index contributed by atoms with van der Waals surface area (Å²) < 4.78 is 33.1. The zero-order valence-electron chi connectivity index (χ0n) is 19.9. The van der Waals surface area contributed by atoms with E-state index in [-0.39, 0.29) is 47.0 Å². The van der Waals surface area contributed by atoms with Gasteiger partial charge < -0.3 is 9.42 Å². The minimum Gasteiger partial charge on any atom is -0.355 e. The Morgan fingerprint density at radius 1 is 0.838 bits per heavy atom. The molecule has 0 aliphatic carbocycles. The lowest BCUT2D eigenvalue weighted by molar-refractivity contribution is 0.0697. The molecular weight excluding hydrogens is 533 g/mol. The lowest BCUT2D eigenvalue weighted by atomic mass is 10.0. The Balaban J connectivity index is 1.32. The van der Waals surface area contributed by atoms with Gasteiger partial charge in [0.25, 0.3) is 5.91 Å². The molecule has 2 heterocycles. The van der Waals surface area contributed by atoms with Crippen LogP contribution >= 0.6 is 23.2 Å². The molecule has 1 aromatic heterocycles. The van der Waals surface area contributed by atoms with Crippen LogP contribution in [0, 0.1) is 6.92 Å². The van der Waals surface area contributed by atoms with Crippen molar-refractivity contribution in [1.82, 2.24) is 14.4 Å². The highest BCUT2D eigenvalue weighted by atomic mass is 35.5. The second-order valence-corrected chi connectivity index (χ2v) is 11.4. The van der Waals surface area contributed by atoms with Crippen molar-refractivity contribution in [2.75, 3.05) is 26.2 Å². The Morgan fingerprint density at radius 3 is 2.11 bits per heavy atom. The molecule has 7 nitrogen and oxygen atoms in total. The average molecular weight is 556 g/mol. The van der Waals surface area contributed by atoms with Crippen molar-refractivity contribution in [2.45, 2.75) is 11.8 Å². The van der Waals surface area contributed by atoms with Gasteiger partial charge in [-0.2, -0.15) is 4.31 Å². The Bertz CT molecular complexity index is 1550. The number of benzene rings is 3. The maximum absolute atomic E-state index is 13.5. The summed E-state index contributed by atoms with van der Waals surface area (Å²) in [6.07, 6.45) is 0. The molecule has 3 aromatic carbocycles. The van der Waals surface area contributed by atoms with Gasteiger partial charge in [0.1, 0.15) is 5.56 Å². The van der Waals surface area contributed by atoms with Crippen LogP contribution in [0.2, 0.25) is 10.0 Å². The van der Waals surface area contributed by atoms with Gasteiger partial charge in [0.15, 0.2) is 5.76 Å². The molecule has 1 fully saturated rings. The number of sulfonamides is 1. The predicted molar refractivity (Wildman–Crippen MR) is 143 cm³/mol. The molecule has 0 unspecified atom stereocenters. The van der Waals surface area contributed by atoms with Crippen LogP contribution in [-0.4, -0.2) is 54.9 Å². The van der Waals surface area contributed by atoms with Gasteiger partial charge in [-0.15, -0.1) is 0 Å². The highest BCUT2D eigenvalue weighted by molar-refractivity contribution is 7.89. The van der Waals surface area contributed by atoms with E-state index in [1.54, 1.807) is 11.8 Å². The minimum absolute atomic E-state index is 0.0674. The first-order chi connectivity index (χ1) is 17.8. The monoisotopic (exact) mass is 555 g/mol. The molecule has 37 heavy (non-hydrogen) atoms. The summed E-state index contributed by atoms with van der Waals surface area (Å²) in [4.78, 5) is 15.2. The van der Waals surface area contributed by atoms with Crippen molar-refractivity contribution < 1.29 is 17.7 Å². The molecule has 0 N–H and O–H groups in total. The van der Waals surface area contributed by atoms with Crippen LogP contribution in [0.25, 0.3) is 22.5 Å². The van der Waals surface area contributed by atoms with E-state index in [0.29, 0.717) is 17.0 Å². The Hall–Kier alpha value is -3.17. The zero-order valence-corrected chi connectivity index (χ0v) is 22.2. The number of aryl methyl sites for hydroxylation is 1. The third-order valence-electron chi connectivity index (χ3n) is 6.39. The zero-order chi connectivity index (χ0) is 26.2. The van der Waals surface area contributed by atoms with Crippen molar-refractivity contribution in [3.8, 4) is 22.5 Å². The number of carbonyl (C=O) groups excluding carboxylic acids is 1. The van der Waals surface area contributed by atoms with E-state index in [1.165, 1.54) is 22.5 Å². The van der Waals surface area contributed by atoms with Crippen LogP contribution in [0.5, 0.6) is 0 Å². The molecule has 1 saturated heterocycles. The third-order valence-corrected chi connectivity index (χ3v) is 9.02. The minimum atomic E-state index is -3.77. The summed E-state index contributed by atoms with van der Waals surface area (Å²) in [5.41, 5.74) is 3.75. The molecule has 0 spiro atoms. The number of amides is 1. The van der Waals surface area contributed by atoms with Gasteiger partial charge >= 0.3 is 0 Å². The van der Waals surface area contributed by atoms with Gasteiger partial charge in [-0.25, -0.2) is 8.42 Å². The molecule has 1 aliphatic rings. The predicted octanol–water partition coefficient (Wildman–Crippen LogP) is 5.77. The lowest BCUT2D eigenvalue weighted by Crippen LogP contribution is -2.50. The number of nitrogens with zero attached hydrogens (tertiary/aromatic N) is 3. The van der Waals surface area contributed by atoms with Gasteiger partial charge in [0, 0.05) is 31.7 Å². The van der Waals surface area contributed by atoms with Gasteiger partial charge in [-0.05, 0) is 36.2 Å². The summed E-state index contributed by atoms with van der Waals surface area (Å²) in [6.45, 7) is 2.50. The van der Waals surface area contributed by atoms with E-state index >= 15 is 0 Å². The van der Waals surface area contributed by atoms with Gasteiger partial charge in [0.2, 0.25) is 10.0 Å². The van der Waals surface area contributed by atoms with Crippen molar-refractivity contribution in [2.24, 2.45) is 0 Å². The summed E-state index contributed by atoms with van der Waals surface area (Å²) >= 11 is 11.9. The Kier molecular flexibility index (Phi) is 7.09. The number of aromatic nitrogens is 1. The van der Waals surface area contributed by atoms with Gasteiger partial charge in [0.05, 0.1) is 20.6 Å². The molecule has 10 heteroatoms. The van der Waals surface area contributed by atoms with Gasteiger partial charge in [-0.1, -0.05) is 83.0 Å². The molecular formula is C27H23Cl2N3O4S. The number of piperazine rings is 1. The van der Waals surface area contributed by atoms with Crippen LogP contribution in [-0.2, 0) is 10.0 Å². The number of halogens is 2. The van der Waals surface area contributed by atoms with Crippen LogP contribution in [0.15, 0.2) is 82.2 Å². The quantitative estimate of drug-likeness (QED) is 0.312. The van der Waals surface area contributed by atoms with Crippen molar-refractivity contribution in [3.63, 3.8) is 0 Å². The third kappa shape index (κ3) is 5.02. The maximum Gasteiger partial charge on any atom is 0.259 e. The molecule has 0 atom stereocenters. The lowest BCUT2D eigenvalue weighted by Gasteiger charge is -2.34. The second kappa shape index (κ2) is 10.3.